The molecule has 21 heavy (non-hydrogen) atoms. The number of benzene rings is 1. The quantitative estimate of drug-likeness (QED) is 0.905. The van der Waals surface area contributed by atoms with E-state index in [4.69, 9.17) is 0 Å². The Labute approximate surface area is 126 Å². The number of nitrogens with zero attached hydrogens (tertiary/aromatic N) is 1. The molecule has 5 nitrogen and oxygen atoms in total. The van der Waals surface area contributed by atoms with E-state index in [0.717, 1.165) is 17.7 Å². The summed E-state index contributed by atoms with van der Waals surface area (Å²) in [4.78, 5) is 14.3. The van der Waals surface area contributed by atoms with Gasteiger partial charge in [-0.1, -0.05) is 6.92 Å². The molecule has 1 aromatic carbocycles. The molecule has 0 saturated heterocycles. The third-order valence-electron chi connectivity index (χ3n) is 3.88. The Morgan fingerprint density at radius 1 is 1.24 bits per heavy atom. The lowest BCUT2D eigenvalue weighted by atomic mass is 9.86. The minimum atomic E-state index is -3.52. The molecule has 1 N–H and O–H groups in total. The lowest BCUT2D eigenvalue weighted by molar-refractivity contribution is -0.122. The van der Waals surface area contributed by atoms with Gasteiger partial charge in [0.25, 0.3) is 0 Å². The fourth-order valence-electron chi connectivity index (χ4n) is 2.61. The van der Waals surface area contributed by atoms with Crippen LogP contribution in [0.15, 0.2) is 23.1 Å². The molecule has 0 unspecified atom stereocenters. The molecule has 0 aliphatic carbocycles. The molecule has 1 amide bonds. The van der Waals surface area contributed by atoms with Crippen molar-refractivity contribution in [2.45, 2.75) is 44.4 Å². The Bertz CT molecular complexity index is 665. The van der Waals surface area contributed by atoms with Gasteiger partial charge in [-0.2, -0.15) is 0 Å². The molecule has 0 saturated carbocycles. The number of likely N-dealkylation sites (N-methyl/N-ethyl adjacent to an activating group) is 1. The summed E-state index contributed by atoms with van der Waals surface area (Å²) in [5, 5.41) is 0. The standard InChI is InChI=1S/C15H22N2O3S/c1-5-9-16-21(19,20)11-7-8-13-12(10-11)15(3,4)14(18)17(13)6-2/h7-8,10,16H,5-6,9H2,1-4H3. The molecule has 1 aromatic rings. The third kappa shape index (κ3) is 2.58. The van der Waals surface area contributed by atoms with Gasteiger partial charge < -0.3 is 4.90 Å². The second kappa shape index (κ2) is 5.42. The Morgan fingerprint density at radius 3 is 2.48 bits per heavy atom. The Balaban J connectivity index is 2.50. The van der Waals surface area contributed by atoms with Gasteiger partial charge in [0.2, 0.25) is 15.9 Å². The Hall–Kier alpha value is -1.40. The SMILES string of the molecule is CCCNS(=O)(=O)c1ccc2c(c1)C(C)(C)C(=O)N2CC. The van der Waals surface area contributed by atoms with Gasteiger partial charge in [0.1, 0.15) is 0 Å². The third-order valence-corrected chi connectivity index (χ3v) is 5.34. The summed E-state index contributed by atoms with van der Waals surface area (Å²) >= 11 is 0. The summed E-state index contributed by atoms with van der Waals surface area (Å²) in [6.45, 7) is 8.47. The number of hydrogen-bond acceptors (Lipinski definition) is 3. The van der Waals surface area contributed by atoms with Gasteiger partial charge in [-0.3, -0.25) is 4.79 Å². The van der Waals surface area contributed by atoms with Crippen LogP contribution in [0.5, 0.6) is 0 Å². The molecule has 0 fully saturated rings. The number of rotatable bonds is 5. The summed E-state index contributed by atoms with van der Waals surface area (Å²) in [6.07, 6.45) is 0.734. The molecule has 0 bridgehead atoms. The monoisotopic (exact) mass is 310 g/mol. The van der Waals surface area contributed by atoms with Crippen molar-refractivity contribution >= 4 is 21.6 Å². The van der Waals surface area contributed by atoms with Crippen molar-refractivity contribution in [2.75, 3.05) is 18.0 Å². The maximum atomic E-state index is 12.4. The highest BCUT2D eigenvalue weighted by Gasteiger charge is 2.43. The number of fused-ring (bicyclic) bond motifs is 1. The topological polar surface area (TPSA) is 66.5 Å². The smallest absolute Gasteiger partial charge is 0.240 e. The Kier molecular flexibility index (Phi) is 4.13. The minimum Gasteiger partial charge on any atom is -0.312 e. The van der Waals surface area contributed by atoms with Gasteiger partial charge in [-0.05, 0) is 51.0 Å². The van der Waals surface area contributed by atoms with E-state index < -0.39 is 15.4 Å². The fourth-order valence-corrected chi connectivity index (χ4v) is 3.77. The van der Waals surface area contributed by atoms with E-state index in [2.05, 4.69) is 4.72 Å². The van der Waals surface area contributed by atoms with Gasteiger partial charge >= 0.3 is 0 Å². The van der Waals surface area contributed by atoms with Crippen molar-refractivity contribution in [1.82, 2.24) is 4.72 Å². The maximum absolute atomic E-state index is 12.4. The number of carbonyl (C=O) groups is 1. The fraction of sp³-hybridized carbons (Fsp3) is 0.533. The number of nitrogens with one attached hydrogen (secondary N) is 1. The molecule has 1 aliphatic heterocycles. The van der Waals surface area contributed by atoms with E-state index >= 15 is 0 Å². The van der Waals surface area contributed by atoms with Crippen LogP contribution in [0.3, 0.4) is 0 Å². The molecule has 1 heterocycles. The van der Waals surface area contributed by atoms with Crippen LogP contribution in [0.4, 0.5) is 5.69 Å². The van der Waals surface area contributed by atoms with Gasteiger partial charge in [0.15, 0.2) is 0 Å². The lowest BCUT2D eigenvalue weighted by Crippen LogP contribution is -2.35. The second-order valence-electron chi connectivity index (χ2n) is 5.75. The molecule has 0 radical (unpaired) electrons. The van der Waals surface area contributed by atoms with Gasteiger partial charge in [0.05, 0.1) is 10.3 Å². The number of carbonyl (C=O) groups excluding carboxylic acids is 1. The molecule has 1 aliphatic rings. The predicted octanol–water partition coefficient (Wildman–Crippen LogP) is 2.02. The molecular formula is C15H22N2O3S. The van der Waals surface area contributed by atoms with Crippen LogP contribution in [0.2, 0.25) is 0 Å². The zero-order chi connectivity index (χ0) is 15.8. The molecule has 6 heteroatoms. The van der Waals surface area contributed by atoms with Crippen LogP contribution in [0.1, 0.15) is 39.7 Å². The van der Waals surface area contributed by atoms with Crippen LogP contribution in [0, 0.1) is 0 Å². The van der Waals surface area contributed by atoms with E-state index in [1.165, 1.54) is 0 Å². The highest BCUT2D eigenvalue weighted by atomic mass is 32.2. The molecule has 116 valence electrons. The number of amides is 1. The van der Waals surface area contributed by atoms with Crippen LogP contribution in [-0.4, -0.2) is 27.4 Å². The first-order valence-corrected chi connectivity index (χ1v) is 8.70. The average Bonchev–Trinajstić information content (AvgIpc) is 2.64. The van der Waals surface area contributed by atoms with E-state index in [1.54, 1.807) is 23.1 Å². The van der Waals surface area contributed by atoms with Crippen LogP contribution < -0.4 is 9.62 Å². The van der Waals surface area contributed by atoms with Gasteiger partial charge in [-0.15, -0.1) is 0 Å². The van der Waals surface area contributed by atoms with Crippen molar-refractivity contribution in [1.29, 1.82) is 0 Å². The lowest BCUT2D eigenvalue weighted by Gasteiger charge is -2.18. The number of hydrogen-bond donors (Lipinski definition) is 1. The molecule has 0 spiro atoms. The van der Waals surface area contributed by atoms with Gasteiger partial charge in [0, 0.05) is 18.8 Å². The van der Waals surface area contributed by atoms with Crippen molar-refractivity contribution in [3.8, 4) is 0 Å². The minimum absolute atomic E-state index is 0.0102. The molecule has 0 atom stereocenters. The summed E-state index contributed by atoms with van der Waals surface area (Å²) in [6, 6.07) is 4.92. The normalized spacial score (nSPS) is 17.1. The highest BCUT2D eigenvalue weighted by molar-refractivity contribution is 7.89. The molecule has 2 rings (SSSR count). The first kappa shape index (κ1) is 16.0. The van der Waals surface area contributed by atoms with Crippen molar-refractivity contribution < 1.29 is 13.2 Å². The van der Waals surface area contributed by atoms with E-state index in [1.807, 2.05) is 27.7 Å². The second-order valence-corrected chi connectivity index (χ2v) is 7.52. The summed E-state index contributed by atoms with van der Waals surface area (Å²) in [7, 11) is -3.52. The van der Waals surface area contributed by atoms with Crippen LogP contribution >= 0.6 is 0 Å². The zero-order valence-corrected chi connectivity index (χ0v) is 13.8. The first-order chi connectivity index (χ1) is 9.75. The molecular weight excluding hydrogens is 288 g/mol. The predicted molar refractivity (Wildman–Crippen MR) is 83.0 cm³/mol. The van der Waals surface area contributed by atoms with Crippen molar-refractivity contribution in [2.24, 2.45) is 0 Å². The molecule has 0 aromatic heterocycles. The zero-order valence-electron chi connectivity index (χ0n) is 12.9. The van der Waals surface area contributed by atoms with Crippen molar-refractivity contribution in [3.63, 3.8) is 0 Å². The van der Waals surface area contributed by atoms with E-state index in [-0.39, 0.29) is 10.8 Å². The number of sulfonamides is 1. The highest BCUT2D eigenvalue weighted by Crippen LogP contribution is 2.42. The van der Waals surface area contributed by atoms with E-state index in [0.29, 0.717) is 13.1 Å². The van der Waals surface area contributed by atoms with Crippen LogP contribution in [0.25, 0.3) is 0 Å². The summed E-state index contributed by atoms with van der Waals surface area (Å²) < 4.78 is 27.0. The maximum Gasteiger partial charge on any atom is 0.240 e. The average molecular weight is 310 g/mol. The van der Waals surface area contributed by atoms with Gasteiger partial charge in [-0.25, -0.2) is 13.1 Å². The Morgan fingerprint density at radius 2 is 1.90 bits per heavy atom. The first-order valence-electron chi connectivity index (χ1n) is 7.21. The largest absolute Gasteiger partial charge is 0.312 e. The van der Waals surface area contributed by atoms with E-state index in [9.17, 15) is 13.2 Å². The van der Waals surface area contributed by atoms with Crippen molar-refractivity contribution in [3.05, 3.63) is 23.8 Å². The summed E-state index contributed by atoms with van der Waals surface area (Å²) in [5.74, 6) is 0.0102. The number of anilines is 1. The summed E-state index contributed by atoms with van der Waals surface area (Å²) in [5.41, 5.74) is 0.886. The van der Waals surface area contributed by atoms with Crippen LogP contribution in [-0.2, 0) is 20.2 Å².